The fourth-order valence-electron chi connectivity index (χ4n) is 2.08. The molecule has 0 unspecified atom stereocenters. The van der Waals surface area contributed by atoms with Crippen LogP contribution >= 0.6 is 0 Å². The number of hydrazine groups is 1. The summed E-state index contributed by atoms with van der Waals surface area (Å²) in [6, 6.07) is 13.5. The Hall–Kier alpha value is -3.40. The fraction of sp³-hybridized carbons (Fsp3) is 0.125. The van der Waals surface area contributed by atoms with Crippen LogP contribution in [0.4, 0.5) is 16.2 Å². The van der Waals surface area contributed by atoms with Gasteiger partial charge in [0.2, 0.25) is 0 Å². The van der Waals surface area contributed by atoms with Gasteiger partial charge in [0, 0.05) is 11.8 Å². The number of rotatable bonds is 3. The molecular formula is C16H14N4O3. The number of carbonyl (C=O) groups excluding carboxylic acids is 1. The second-order valence-electron chi connectivity index (χ2n) is 4.76. The summed E-state index contributed by atoms with van der Waals surface area (Å²) < 4.78 is 10.9. The fourth-order valence-corrected chi connectivity index (χ4v) is 2.08. The minimum absolute atomic E-state index is 0.441. The molecule has 0 atom stereocenters. The van der Waals surface area contributed by atoms with Crippen LogP contribution in [-0.2, 0) is 0 Å². The van der Waals surface area contributed by atoms with E-state index in [0.717, 1.165) is 0 Å². The van der Waals surface area contributed by atoms with Crippen molar-refractivity contribution < 1.29 is 14.3 Å². The van der Waals surface area contributed by atoms with Gasteiger partial charge in [-0.3, -0.25) is 10.9 Å². The molecule has 1 heterocycles. The van der Waals surface area contributed by atoms with E-state index in [1.807, 2.05) is 6.07 Å². The third-order valence-electron chi connectivity index (χ3n) is 3.11. The van der Waals surface area contributed by atoms with E-state index >= 15 is 0 Å². The Morgan fingerprint density at radius 2 is 1.87 bits per heavy atom. The highest BCUT2D eigenvalue weighted by atomic mass is 16.6. The highest BCUT2D eigenvalue weighted by molar-refractivity contribution is 5.90. The van der Waals surface area contributed by atoms with Crippen molar-refractivity contribution >= 4 is 17.4 Å². The van der Waals surface area contributed by atoms with E-state index in [4.69, 9.17) is 14.7 Å². The van der Waals surface area contributed by atoms with Crippen LogP contribution in [0.3, 0.4) is 0 Å². The largest absolute Gasteiger partial charge is 0.486 e. The van der Waals surface area contributed by atoms with Crippen molar-refractivity contribution in [3.05, 3.63) is 48.0 Å². The zero-order chi connectivity index (χ0) is 16.1. The Balaban J connectivity index is 1.58. The Morgan fingerprint density at radius 3 is 2.70 bits per heavy atom. The molecule has 3 rings (SSSR count). The lowest BCUT2D eigenvalue weighted by Gasteiger charge is -2.19. The molecule has 1 aliphatic rings. The summed E-state index contributed by atoms with van der Waals surface area (Å²) in [5.74, 6) is 1.26. The summed E-state index contributed by atoms with van der Waals surface area (Å²) in [5, 5.41) is 11.5. The second-order valence-corrected chi connectivity index (χ2v) is 4.76. The maximum Gasteiger partial charge on any atom is 0.337 e. The second kappa shape index (κ2) is 6.58. The van der Waals surface area contributed by atoms with Gasteiger partial charge in [-0.25, -0.2) is 4.79 Å². The molecular weight excluding hydrogens is 296 g/mol. The molecule has 23 heavy (non-hydrogen) atoms. The van der Waals surface area contributed by atoms with Gasteiger partial charge < -0.3 is 14.8 Å². The predicted molar refractivity (Wildman–Crippen MR) is 84.4 cm³/mol. The van der Waals surface area contributed by atoms with E-state index in [1.54, 1.807) is 42.5 Å². The first-order valence-corrected chi connectivity index (χ1v) is 6.97. The number of hydrogen-bond acceptors (Lipinski definition) is 5. The van der Waals surface area contributed by atoms with Crippen molar-refractivity contribution in [1.29, 1.82) is 5.26 Å². The van der Waals surface area contributed by atoms with E-state index in [-0.39, 0.29) is 0 Å². The number of benzene rings is 2. The quantitative estimate of drug-likeness (QED) is 0.757. The van der Waals surface area contributed by atoms with Gasteiger partial charge in [0.1, 0.15) is 13.2 Å². The summed E-state index contributed by atoms with van der Waals surface area (Å²) in [7, 11) is 0. The van der Waals surface area contributed by atoms with E-state index < -0.39 is 6.03 Å². The Morgan fingerprint density at radius 1 is 1.04 bits per heavy atom. The van der Waals surface area contributed by atoms with E-state index in [1.165, 1.54) is 0 Å². The van der Waals surface area contributed by atoms with Crippen molar-refractivity contribution in [3.63, 3.8) is 0 Å². The molecule has 0 saturated carbocycles. The Labute approximate surface area is 132 Å². The molecule has 0 saturated heterocycles. The maximum absolute atomic E-state index is 11.9. The van der Waals surface area contributed by atoms with Crippen LogP contribution in [0, 0.1) is 11.3 Å². The number of nitrogens with zero attached hydrogens (tertiary/aromatic N) is 1. The average Bonchev–Trinajstić information content (AvgIpc) is 2.60. The molecule has 7 nitrogen and oxygen atoms in total. The zero-order valence-corrected chi connectivity index (χ0v) is 12.1. The van der Waals surface area contributed by atoms with Gasteiger partial charge in [-0.05, 0) is 30.3 Å². The van der Waals surface area contributed by atoms with Gasteiger partial charge in [-0.1, -0.05) is 6.07 Å². The molecule has 0 bridgehead atoms. The normalized spacial score (nSPS) is 12.0. The van der Waals surface area contributed by atoms with Crippen molar-refractivity contribution in [2.75, 3.05) is 24.0 Å². The van der Waals surface area contributed by atoms with Crippen LogP contribution in [-0.4, -0.2) is 19.2 Å². The highest BCUT2D eigenvalue weighted by Gasteiger charge is 2.12. The molecule has 0 fully saturated rings. The lowest BCUT2D eigenvalue weighted by molar-refractivity contribution is 0.171. The number of anilines is 2. The van der Waals surface area contributed by atoms with Crippen molar-refractivity contribution in [2.45, 2.75) is 0 Å². The van der Waals surface area contributed by atoms with Gasteiger partial charge in [-0.2, -0.15) is 5.26 Å². The molecule has 2 amide bonds. The summed E-state index contributed by atoms with van der Waals surface area (Å²) in [6.07, 6.45) is 0. The first kappa shape index (κ1) is 14.5. The zero-order valence-electron chi connectivity index (χ0n) is 12.1. The summed E-state index contributed by atoms with van der Waals surface area (Å²) in [4.78, 5) is 11.9. The number of carbonyl (C=O) groups is 1. The van der Waals surface area contributed by atoms with Crippen LogP contribution in [0.1, 0.15) is 5.56 Å². The number of hydrogen-bond donors (Lipinski definition) is 3. The lowest BCUT2D eigenvalue weighted by Crippen LogP contribution is -2.33. The third kappa shape index (κ3) is 3.63. The van der Waals surface area contributed by atoms with Crippen LogP contribution in [0.15, 0.2) is 42.5 Å². The smallest absolute Gasteiger partial charge is 0.337 e. The number of nitrogens with one attached hydrogen (secondary N) is 3. The van der Waals surface area contributed by atoms with Gasteiger partial charge >= 0.3 is 6.03 Å². The first-order valence-electron chi connectivity index (χ1n) is 6.97. The molecule has 3 N–H and O–H groups in total. The number of urea groups is 1. The molecule has 7 heteroatoms. The molecule has 2 aromatic rings. The van der Waals surface area contributed by atoms with Crippen molar-refractivity contribution in [3.8, 4) is 17.6 Å². The standard InChI is InChI=1S/C16H14N4O3/c17-10-11-2-1-3-13(8-11)19-20-16(21)18-12-4-5-14-15(9-12)23-7-6-22-14/h1-5,8-9,19H,6-7H2,(H2,18,20,21). The summed E-state index contributed by atoms with van der Waals surface area (Å²) >= 11 is 0. The van der Waals surface area contributed by atoms with Crippen LogP contribution in [0.25, 0.3) is 0 Å². The van der Waals surface area contributed by atoms with Crippen molar-refractivity contribution in [2.24, 2.45) is 0 Å². The Kier molecular flexibility index (Phi) is 4.16. The number of nitriles is 1. The lowest BCUT2D eigenvalue weighted by atomic mass is 10.2. The van der Waals surface area contributed by atoms with Crippen LogP contribution in [0.5, 0.6) is 11.5 Å². The Bertz CT molecular complexity index is 770. The molecule has 0 aliphatic carbocycles. The van der Waals surface area contributed by atoms with Gasteiger partial charge in [-0.15, -0.1) is 0 Å². The molecule has 2 aromatic carbocycles. The number of fused-ring (bicyclic) bond motifs is 1. The SMILES string of the molecule is N#Cc1cccc(NNC(=O)Nc2ccc3c(c2)OCCO3)c1. The monoisotopic (exact) mass is 310 g/mol. The van der Waals surface area contributed by atoms with Crippen molar-refractivity contribution in [1.82, 2.24) is 5.43 Å². The van der Waals surface area contributed by atoms with Crippen LogP contribution in [0.2, 0.25) is 0 Å². The number of amides is 2. The summed E-state index contributed by atoms with van der Waals surface area (Å²) in [6.45, 7) is 1.01. The maximum atomic E-state index is 11.9. The number of ether oxygens (including phenoxy) is 2. The van der Waals surface area contributed by atoms with Gasteiger partial charge in [0.05, 0.1) is 17.3 Å². The minimum atomic E-state index is -0.441. The molecule has 0 spiro atoms. The minimum Gasteiger partial charge on any atom is -0.486 e. The average molecular weight is 310 g/mol. The predicted octanol–water partition coefficient (Wildman–Crippen LogP) is 2.48. The van der Waals surface area contributed by atoms with Gasteiger partial charge in [0.15, 0.2) is 11.5 Å². The molecule has 0 radical (unpaired) electrons. The van der Waals surface area contributed by atoms with Gasteiger partial charge in [0.25, 0.3) is 0 Å². The van der Waals surface area contributed by atoms with Crippen LogP contribution < -0.4 is 25.6 Å². The summed E-state index contributed by atoms with van der Waals surface area (Å²) in [5.41, 5.74) is 6.93. The third-order valence-corrected chi connectivity index (χ3v) is 3.11. The molecule has 116 valence electrons. The van der Waals surface area contributed by atoms with E-state index in [9.17, 15) is 4.79 Å². The topological polar surface area (TPSA) is 95.4 Å². The highest BCUT2D eigenvalue weighted by Crippen LogP contribution is 2.32. The molecule has 0 aromatic heterocycles. The van der Waals surface area contributed by atoms with E-state index in [2.05, 4.69) is 16.2 Å². The first-order chi connectivity index (χ1) is 11.2. The molecule has 1 aliphatic heterocycles. The van der Waals surface area contributed by atoms with E-state index in [0.29, 0.717) is 41.7 Å².